The van der Waals surface area contributed by atoms with E-state index >= 15 is 0 Å². The molecule has 0 radical (unpaired) electrons. The Balaban J connectivity index is 2.02. The minimum absolute atomic E-state index is 0.0494. The van der Waals surface area contributed by atoms with Crippen molar-refractivity contribution >= 4 is 11.7 Å². The van der Waals surface area contributed by atoms with E-state index in [-0.39, 0.29) is 18.1 Å². The topological polar surface area (TPSA) is 53.6 Å². The maximum absolute atomic E-state index is 12.3. The van der Waals surface area contributed by atoms with E-state index in [1.165, 1.54) is 0 Å². The number of amides is 2. The van der Waals surface area contributed by atoms with Gasteiger partial charge < -0.3 is 20.3 Å². The average molecular weight is 263 g/mol. The molecule has 1 heterocycles. The van der Waals surface area contributed by atoms with Crippen molar-refractivity contribution in [2.75, 3.05) is 25.5 Å². The highest BCUT2D eigenvalue weighted by atomic mass is 16.5. The predicted octanol–water partition coefficient (Wildman–Crippen LogP) is 1.91. The molecule has 0 aromatic heterocycles. The van der Waals surface area contributed by atoms with Gasteiger partial charge in [0.2, 0.25) is 0 Å². The number of piperazine rings is 1. The lowest BCUT2D eigenvalue weighted by Gasteiger charge is -2.39. The molecule has 19 heavy (non-hydrogen) atoms. The van der Waals surface area contributed by atoms with Gasteiger partial charge in [0.1, 0.15) is 5.75 Å². The van der Waals surface area contributed by atoms with Gasteiger partial charge in [0, 0.05) is 30.9 Å². The number of carbonyl (C=O) groups is 1. The molecule has 1 aliphatic heterocycles. The number of rotatable bonds is 2. The first kappa shape index (κ1) is 13.7. The maximum atomic E-state index is 12.3. The van der Waals surface area contributed by atoms with Gasteiger partial charge in [-0.2, -0.15) is 0 Å². The second-order valence-electron chi connectivity index (χ2n) is 4.92. The van der Waals surface area contributed by atoms with Gasteiger partial charge >= 0.3 is 6.03 Å². The second kappa shape index (κ2) is 5.93. The van der Waals surface area contributed by atoms with Gasteiger partial charge in [0.05, 0.1) is 7.11 Å². The van der Waals surface area contributed by atoms with Gasteiger partial charge in [-0.1, -0.05) is 0 Å². The Morgan fingerprint density at radius 3 is 2.37 bits per heavy atom. The quantitative estimate of drug-likeness (QED) is 0.857. The summed E-state index contributed by atoms with van der Waals surface area (Å²) in [6, 6.07) is 7.69. The Labute approximate surface area is 113 Å². The summed E-state index contributed by atoms with van der Waals surface area (Å²) in [7, 11) is 1.62. The van der Waals surface area contributed by atoms with Crippen LogP contribution in [0.3, 0.4) is 0 Å². The van der Waals surface area contributed by atoms with Crippen molar-refractivity contribution in [2.45, 2.75) is 25.9 Å². The number of nitrogens with zero attached hydrogens (tertiary/aromatic N) is 1. The largest absolute Gasteiger partial charge is 0.497 e. The van der Waals surface area contributed by atoms with Crippen LogP contribution in [0.4, 0.5) is 10.5 Å². The number of anilines is 1. The number of benzene rings is 1. The Kier molecular flexibility index (Phi) is 4.27. The number of urea groups is 1. The van der Waals surface area contributed by atoms with E-state index in [2.05, 4.69) is 24.5 Å². The van der Waals surface area contributed by atoms with Gasteiger partial charge in [-0.3, -0.25) is 0 Å². The number of hydrogen-bond donors (Lipinski definition) is 2. The van der Waals surface area contributed by atoms with Crippen LogP contribution >= 0.6 is 0 Å². The fraction of sp³-hybridized carbons (Fsp3) is 0.500. The van der Waals surface area contributed by atoms with E-state index in [9.17, 15) is 4.79 Å². The summed E-state index contributed by atoms with van der Waals surface area (Å²) in [6.45, 7) is 5.77. The van der Waals surface area contributed by atoms with Gasteiger partial charge in [0.15, 0.2) is 0 Å². The zero-order valence-corrected chi connectivity index (χ0v) is 11.6. The summed E-state index contributed by atoms with van der Waals surface area (Å²) in [5.41, 5.74) is 0.781. The smallest absolute Gasteiger partial charge is 0.322 e. The van der Waals surface area contributed by atoms with Crippen LogP contribution in [0.5, 0.6) is 5.75 Å². The van der Waals surface area contributed by atoms with Gasteiger partial charge in [-0.25, -0.2) is 4.79 Å². The Hall–Kier alpha value is -1.75. The molecule has 2 N–H and O–H groups in total. The Morgan fingerprint density at radius 2 is 1.84 bits per heavy atom. The molecule has 1 fully saturated rings. The molecule has 1 aromatic carbocycles. The Morgan fingerprint density at radius 1 is 1.26 bits per heavy atom. The van der Waals surface area contributed by atoms with Gasteiger partial charge in [-0.05, 0) is 38.1 Å². The van der Waals surface area contributed by atoms with E-state index in [0.29, 0.717) is 0 Å². The first-order chi connectivity index (χ1) is 9.11. The summed E-state index contributed by atoms with van der Waals surface area (Å²) >= 11 is 0. The van der Waals surface area contributed by atoms with Crippen LogP contribution in [0.1, 0.15) is 13.8 Å². The fourth-order valence-corrected chi connectivity index (χ4v) is 2.39. The summed E-state index contributed by atoms with van der Waals surface area (Å²) in [6.07, 6.45) is 0. The van der Waals surface area contributed by atoms with Crippen LogP contribution in [0.15, 0.2) is 24.3 Å². The molecule has 1 aromatic rings. The predicted molar refractivity (Wildman–Crippen MR) is 75.6 cm³/mol. The highest BCUT2D eigenvalue weighted by Crippen LogP contribution is 2.17. The third kappa shape index (κ3) is 3.17. The normalized spacial score (nSPS) is 23.0. The van der Waals surface area contributed by atoms with Crippen LogP contribution < -0.4 is 15.4 Å². The summed E-state index contributed by atoms with van der Waals surface area (Å²) in [5, 5.41) is 6.24. The molecular formula is C14H21N3O2. The van der Waals surface area contributed by atoms with E-state index in [0.717, 1.165) is 24.5 Å². The number of ether oxygens (including phenoxy) is 1. The first-order valence-corrected chi connectivity index (χ1v) is 6.56. The lowest BCUT2D eigenvalue weighted by atomic mass is 10.1. The highest BCUT2D eigenvalue weighted by Gasteiger charge is 2.28. The minimum atomic E-state index is -0.0494. The number of hydrogen-bond acceptors (Lipinski definition) is 3. The van der Waals surface area contributed by atoms with Crippen molar-refractivity contribution in [1.82, 2.24) is 10.2 Å². The molecular weight excluding hydrogens is 242 g/mol. The van der Waals surface area contributed by atoms with E-state index in [4.69, 9.17) is 4.74 Å². The van der Waals surface area contributed by atoms with Crippen molar-refractivity contribution in [2.24, 2.45) is 0 Å². The highest BCUT2D eigenvalue weighted by molar-refractivity contribution is 5.89. The molecule has 2 atom stereocenters. The van der Waals surface area contributed by atoms with Crippen LogP contribution in [0, 0.1) is 0 Å². The molecule has 0 aliphatic carbocycles. The van der Waals surface area contributed by atoms with Crippen molar-refractivity contribution < 1.29 is 9.53 Å². The van der Waals surface area contributed by atoms with Crippen LogP contribution in [-0.4, -0.2) is 43.2 Å². The third-order valence-electron chi connectivity index (χ3n) is 3.41. The first-order valence-electron chi connectivity index (χ1n) is 6.56. The van der Waals surface area contributed by atoms with Crippen LogP contribution in [0.2, 0.25) is 0 Å². The molecule has 2 unspecified atom stereocenters. The zero-order chi connectivity index (χ0) is 13.8. The standard InChI is InChI=1S/C14H21N3O2/c1-10-8-15-9-11(2)17(10)14(18)16-12-4-6-13(19-3)7-5-12/h4-7,10-11,15H,8-9H2,1-3H3,(H,16,18). The summed E-state index contributed by atoms with van der Waals surface area (Å²) < 4.78 is 5.09. The van der Waals surface area contributed by atoms with Gasteiger partial charge in [-0.15, -0.1) is 0 Å². The molecule has 0 bridgehead atoms. The van der Waals surface area contributed by atoms with Crippen LogP contribution in [-0.2, 0) is 0 Å². The van der Waals surface area contributed by atoms with Crippen molar-refractivity contribution in [3.63, 3.8) is 0 Å². The molecule has 0 spiro atoms. The van der Waals surface area contributed by atoms with Crippen molar-refractivity contribution in [3.05, 3.63) is 24.3 Å². The molecule has 5 nitrogen and oxygen atoms in total. The molecule has 2 amide bonds. The molecule has 2 rings (SSSR count). The fourth-order valence-electron chi connectivity index (χ4n) is 2.39. The van der Waals surface area contributed by atoms with Crippen molar-refractivity contribution in [1.29, 1.82) is 0 Å². The molecule has 1 saturated heterocycles. The summed E-state index contributed by atoms with van der Waals surface area (Å²) in [4.78, 5) is 14.2. The second-order valence-corrected chi connectivity index (χ2v) is 4.92. The van der Waals surface area contributed by atoms with E-state index in [1.54, 1.807) is 7.11 Å². The lowest BCUT2D eigenvalue weighted by molar-refractivity contribution is 0.143. The third-order valence-corrected chi connectivity index (χ3v) is 3.41. The average Bonchev–Trinajstić information content (AvgIpc) is 2.39. The lowest BCUT2D eigenvalue weighted by Crippen LogP contribution is -2.58. The number of carbonyl (C=O) groups excluding carboxylic acids is 1. The van der Waals surface area contributed by atoms with E-state index in [1.807, 2.05) is 29.2 Å². The van der Waals surface area contributed by atoms with Crippen molar-refractivity contribution in [3.8, 4) is 5.75 Å². The Bertz CT molecular complexity index is 423. The zero-order valence-electron chi connectivity index (χ0n) is 11.6. The molecule has 5 heteroatoms. The molecule has 1 aliphatic rings. The SMILES string of the molecule is COc1ccc(NC(=O)N2C(C)CNCC2C)cc1. The maximum Gasteiger partial charge on any atom is 0.322 e. The number of nitrogens with one attached hydrogen (secondary N) is 2. The van der Waals surface area contributed by atoms with E-state index < -0.39 is 0 Å². The monoisotopic (exact) mass is 263 g/mol. The van der Waals surface area contributed by atoms with Gasteiger partial charge in [0.25, 0.3) is 0 Å². The molecule has 104 valence electrons. The molecule has 0 saturated carbocycles. The summed E-state index contributed by atoms with van der Waals surface area (Å²) in [5.74, 6) is 0.780. The number of methoxy groups -OCH3 is 1. The van der Waals surface area contributed by atoms with Crippen LogP contribution in [0.25, 0.3) is 0 Å². The minimum Gasteiger partial charge on any atom is -0.497 e.